The van der Waals surface area contributed by atoms with Crippen LogP contribution in [0.4, 0.5) is 0 Å². The van der Waals surface area contributed by atoms with Crippen molar-refractivity contribution in [3.05, 3.63) is 84.5 Å². The summed E-state index contributed by atoms with van der Waals surface area (Å²) in [6.45, 7) is 3.38. The van der Waals surface area contributed by atoms with Crippen molar-refractivity contribution in [1.82, 2.24) is 30.1 Å². The number of carbonyl (C=O) groups is 4. The van der Waals surface area contributed by atoms with Crippen molar-refractivity contribution in [2.75, 3.05) is 13.2 Å². The summed E-state index contributed by atoms with van der Waals surface area (Å²) in [6.07, 6.45) is 6.43. The molecule has 13 heteroatoms. The first-order valence-electron chi connectivity index (χ1n) is 16.8. The molecule has 8 atom stereocenters. The number of aliphatic hydroxyl groups is 1. The van der Waals surface area contributed by atoms with Gasteiger partial charge in [-0.3, -0.25) is 19.2 Å². The molecule has 2 N–H and O–H groups in total. The van der Waals surface area contributed by atoms with Crippen LogP contribution in [-0.2, 0) is 35.3 Å². The number of nitrogens with zero attached hydrogens (tertiary/aromatic N) is 5. The first kappa shape index (κ1) is 32.7. The van der Waals surface area contributed by atoms with Crippen molar-refractivity contribution >= 4 is 34.7 Å². The molecular weight excluding hydrogens is 628 g/mol. The molecule has 3 amide bonds. The number of rotatable bonds is 6. The third-order valence-corrected chi connectivity index (χ3v) is 10.2. The molecule has 2 fully saturated rings. The Bertz CT molecular complexity index is 1810. The van der Waals surface area contributed by atoms with Crippen LogP contribution in [-0.4, -0.2) is 96.6 Å². The number of aromatic nitrogens is 3. The monoisotopic (exact) mass is 668 g/mol. The molecule has 1 aromatic heterocycles. The fourth-order valence-corrected chi connectivity index (χ4v) is 7.78. The van der Waals surface area contributed by atoms with Gasteiger partial charge in [0, 0.05) is 13.0 Å². The molecule has 2 saturated heterocycles. The number of fused-ring (bicyclic) bond motifs is 3. The number of allylic oxidation sites excluding steroid dienone is 1. The quantitative estimate of drug-likeness (QED) is 0.297. The van der Waals surface area contributed by atoms with Gasteiger partial charge in [-0.25, -0.2) is 4.68 Å². The number of aliphatic hydroxyl groups excluding tert-OH is 1. The second-order valence-electron chi connectivity index (χ2n) is 13.1. The Hall–Kier alpha value is -4.88. The molecular formula is C36H40N6O7. The number of esters is 1. The molecule has 0 unspecified atom stereocenters. The van der Waals surface area contributed by atoms with Gasteiger partial charge in [0.25, 0.3) is 5.91 Å². The number of hydrogen-bond acceptors (Lipinski definition) is 9. The van der Waals surface area contributed by atoms with Gasteiger partial charge in [-0.1, -0.05) is 78.9 Å². The third kappa shape index (κ3) is 5.60. The van der Waals surface area contributed by atoms with Crippen LogP contribution < -0.4 is 5.32 Å². The van der Waals surface area contributed by atoms with E-state index in [1.54, 1.807) is 28.7 Å². The molecule has 0 saturated carbocycles. The summed E-state index contributed by atoms with van der Waals surface area (Å²) in [5, 5.41) is 22.0. The maximum atomic E-state index is 15.0. The average molecular weight is 669 g/mol. The standard InChI is InChI=1S/C36H40N6O7/c1-3-24(20-43)42-32-34(46)40(21-41-26-15-10-9-14-25(26)38-39-41)19-11-5-8-16-28(44)37-22(2)31(23-12-6-4-7-13-23)48-35(47)29-27-17-18-36(32,49-27)30(29)33(42)45/h4-7,9-15,17-18,22,24,27,29-32,43H,3,8,16,19-21H2,1-2H3,(H,37,44)/b11-5-/t22-,24-,27+,29-,30-,31+,32+,36-/m0/s1. The van der Waals surface area contributed by atoms with Crippen molar-refractivity contribution in [1.29, 1.82) is 0 Å². The van der Waals surface area contributed by atoms with E-state index in [-0.39, 0.29) is 32.1 Å². The SMILES string of the molecule is CC[C@@H](CO)N1C(=O)[C@@H]2[C@H]3C(=O)O[C@@H](c4ccccc4)[C@H](C)NC(=O)CC/C=C\CN(Cn4nnc5ccccc54)C(=O)[C@@H]1[C@]21C=C[C@H]3O1. The van der Waals surface area contributed by atoms with E-state index in [9.17, 15) is 24.3 Å². The van der Waals surface area contributed by atoms with E-state index in [1.807, 2.05) is 73.7 Å². The van der Waals surface area contributed by atoms with E-state index >= 15 is 0 Å². The van der Waals surface area contributed by atoms with Gasteiger partial charge in [0.05, 0.1) is 36.2 Å². The highest BCUT2D eigenvalue weighted by atomic mass is 16.6. The average Bonchev–Trinajstić information content (AvgIpc) is 3.86. The van der Waals surface area contributed by atoms with Crippen LogP contribution >= 0.6 is 0 Å². The molecule has 0 aliphatic carbocycles. The number of likely N-dealkylation sites (tertiary alicyclic amines) is 1. The lowest BCUT2D eigenvalue weighted by atomic mass is 9.74. The normalized spacial score (nSPS) is 31.6. The van der Waals surface area contributed by atoms with Gasteiger partial charge in [-0.2, -0.15) is 0 Å². The van der Waals surface area contributed by atoms with Gasteiger partial charge in [0.2, 0.25) is 11.8 Å². The van der Waals surface area contributed by atoms with Gasteiger partial charge in [-0.05, 0) is 37.5 Å². The topological polar surface area (TPSA) is 156 Å². The molecule has 49 heavy (non-hydrogen) atoms. The predicted octanol–water partition coefficient (Wildman–Crippen LogP) is 2.28. The molecule has 3 aromatic rings. The molecule has 0 radical (unpaired) electrons. The molecule has 4 aliphatic heterocycles. The van der Waals surface area contributed by atoms with Crippen LogP contribution in [0, 0.1) is 11.8 Å². The van der Waals surface area contributed by atoms with Crippen molar-refractivity contribution < 1.29 is 33.8 Å². The summed E-state index contributed by atoms with van der Waals surface area (Å²) in [5.41, 5.74) is 0.605. The largest absolute Gasteiger partial charge is 0.455 e. The minimum atomic E-state index is -1.46. The summed E-state index contributed by atoms with van der Waals surface area (Å²) in [6, 6.07) is 14.1. The lowest BCUT2D eigenvalue weighted by Crippen LogP contribution is -2.58. The first-order valence-corrected chi connectivity index (χ1v) is 16.8. The summed E-state index contributed by atoms with van der Waals surface area (Å²) < 4.78 is 14.4. The molecule has 1 spiro atoms. The molecule has 5 bridgehead atoms. The van der Waals surface area contributed by atoms with Crippen LogP contribution in [0.15, 0.2) is 78.9 Å². The minimum Gasteiger partial charge on any atom is -0.455 e. The summed E-state index contributed by atoms with van der Waals surface area (Å²) >= 11 is 0. The maximum Gasteiger partial charge on any atom is 0.313 e. The molecule has 5 heterocycles. The molecule has 7 rings (SSSR count). The number of cyclic esters (lactones) is 1. The smallest absolute Gasteiger partial charge is 0.313 e. The van der Waals surface area contributed by atoms with Crippen molar-refractivity contribution in [2.24, 2.45) is 11.8 Å². The van der Waals surface area contributed by atoms with Crippen LogP contribution in [0.3, 0.4) is 0 Å². The van der Waals surface area contributed by atoms with Crippen molar-refractivity contribution in [2.45, 2.75) is 75.7 Å². The zero-order valence-corrected chi connectivity index (χ0v) is 27.4. The van der Waals surface area contributed by atoms with Crippen LogP contribution in [0.5, 0.6) is 0 Å². The fourth-order valence-electron chi connectivity index (χ4n) is 7.78. The second kappa shape index (κ2) is 13.2. The highest BCUT2D eigenvalue weighted by Gasteiger charge is 2.74. The Labute approximate surface area is 283 Å². The lowest BCUT2D eigenvalue weighted by Gasteiger charge is -2.38. The minimum absolute atomic E-state index is 0.00818. The molecule has 13 nitrogen and oxygen atoms in total. The van der Waals surface area contributed by atoms with Crippen LogP contribution in [0.2, 0.25) is 0 Å². The van der Waals surface area contributed by atoms with Crippen molar-refractivity contribution in [3.8, 4) is 0 Å². The molecule has 4 aliphatic rings. The number of benzene rings is 2. The van der Waals surface area contributed by atoms with E-state index in [0.29, 0.717) is 23.9 Å². The summed E-state index contributed by atoms with van der Waals surface area (Å²) in [4.78, 5) is 59.8. The number of carbonyl (C=O) groups excluding carboxylic acids is 4. The first-order chi connectivity index (χ1) is 23.8. The third-order valence-electron chi connectivity index (χ3n) is 10.2. The summed E-state index contributed by atoms with van der Waals surface area (Å²) in [7, 11) is 0. The van der Waals surface area contributed by atoms with Gasteiger partial charge >= 0.3 is 5.97 Å². The Balaban J connectivity index is 1.31. The number of ether oxygens (including phenoxy) is 2. The highest BCUT2D eigenvalue weighted by molar-refractivity contribution is 5.99. The van der Waals surface area contributed by atoms with Crippen LogP contribution in [0.25, 0.3) is 11.0 Å². The lowest BCUT2D eigenvalue weighted by molar-refractivity contribution is -0.162. The van der Waals surface area contributed by atoms with Crippen LogP contribution in [0.1, 0.15) is 44.8 Å². The number of hydrogen-bond donors (Lipinski definition) is 2. The van der Waals surface area contributed by atoms with Gasteiger partial charge in [0.15, 0.2) is 0 Å². The van der Waals surface area contributed by atoms with E-state index in [1.165, 1.54) is 4.90 Å². The molecule has 256 valence electrons. The Morgan fingerprint density at radius 1 is 1.04 bits per heavy atom. The summed E-state index contributed by atoms with van der Waals surface area (Å²) in [5.74, 6) is -3.87. The van der Waals surface area contributed by atoms with Gasteiger partial charge in [-0.15, -0.1) is 5.10 Å². The molecule has 2 aromatic carbocycles. The van der Waals surface area contributed by atoms with Crippen molar-refractivity contribution in [3.63, 3.8) is 0 Å². The van der Waals surface area contributed by atoms with E-state index in [4.69, 9.17) is 9.47 Å². The number of nitrogens with one attached hydrogen (secondary N) is 1. The predicted molar refractivity (Wildman–Crippen MR) is 176 cm³/mol. The Morgan fingerprint density at radius 2 is 1.82 bits per heavy atom. The zero-order chi connectivity index (χ0) is 34.3. The Kier molecular flexibility index (Phi) is 8.80. The van der Waals surface area contributed by atoms with E-state index < -0.39 is 65.6 Å². The Morgan fingerprint density at radius 3 is 2.59 bits per heavy atom. The second-order valence-corrected chi connectivity index (χ2v) is 13.1. The highest BCUT2D eigenvalue weighted by Crippen LogP contribution is 2.56. The van der Waals surface area contributed by atoms with E-state index in [0.717, 1.165) is 5.52 Å². The zero-order valence-electron chi connectivity index (χ0n) is 27.4. The fraction of sp³-hybridized carbons (Fsp3) is 0.444. The van der Waals surface area contributed by atoms with Gasteiger partial charge < -0.3 is 29.7 Å². The van der Waals surface area contributed by atoms with Gasteiger partial charge in [0.1, 0.15) is 35.9 Å². The maximum absolute atomic E-state index is 15.0. The number of amides is 3. The van der Waals surface area contributed by atoms with E-state index in [2.05, 4.69) is 15.6 Å². The number of para-hydroxylation sites is 1.